The van der Waals surface area contributed by atoms with Gasteiger partial charge in [-0.25, -0.2) is 13.2 Å². The molecule has 182 valence electrons. The van der Waals surface area contributed by atoms with Gasteiger partial charge in [0.15, 0.2) is 6.29 Å². The number of ether oxygens (including phenoxy) is 3. The van der Waals surface area contributed by atoms with Gasteiger partial charge in [-0.2, -0.15) is 8.78 Å². The first kappa shape index (κ1) is 27.8. The minimum atomic E-state index is -2.32. The summed E-state index contributed by atoms with van der Waals surface area (Å²) >= 11 is 0. The molecule has 0 aliphatic rings. The van der Waals surface area contributed by atoms with Crippen LogP contribution >= 0.6 is 0 Å². The van der Waals surface area contributed by atoms with Crippen molar-refractivity contribution in [3.05, 3.63) is 29.1 Å². The van der Waals surface area contributed by atoms with Crippen molar-refractivity contribution in [1.82, 2.24) is 5.32 Å². The average molecular weight is 469 g/mol. The molecule has 1 aromatic rings. The fourth-order valence-corrected chi connectivity index (χ4v) is 2.75. The van der Waals surface area contributed by atoms with E-state index in [2.05, 4.69) is 10.1 Å². The third-order valence-corrected chi connectivity index (χ3v) is 4.34. The van der Waals surface area contributed by atoms with Gasteiger partial charge in [0, 0.05) is 26.1 Å². The number of rotatable bonds is 15. The van der Waals surface area contributed by atoms with E-state index in [1.54, 1.807) is 0 Å². The third kappa shape index (κ3) is 9.07. The molecule has 0 heterocycles. The maximum absolute atomic E-state index is 13.5. The molecule has 0 saturated carbocycles. The highest BCUT2D eigenvalue weighted by molar-refractivity contribution is 5.75. The summed E-state index contributed by atoms with van der Waals surface area (Å²) in [5, 5.41) is 2.72. The third-order valence-electron chi connectivity index (χ3n) is 4.34. The Morgan fingerprint density at radius 3 is 1.75 bits per heavy atom. The number of hydrogen-bond acceptors (Lipinski definition) is 5. The molecule has 0 spiro atoms. The lowest BCUT2D eigenvalue weighted by atomic mass is 10.1. The SMILES string of the molecule is CCOC(CNC(=O)CCCCCCCC(=O)Oc1c(F)c(F)c(F)c(F)c1F)OCC. The van der Waals surface area contributed by atoms with Crippen LogP contribution in [-0.2, 0) is 19.1 Å². The predicted octanol–water partition coefficient (Wildman–Crippen LogP) is 4.53. The first-order valence-corrected chi connectivity index (χ1v) is 10.4. The van der Waals surface area contributed by atoms with Crippen LogP contribution in [0.2, 0.25) is 0 Å². The Morgan fingerprint density at radius 1 is 0.750 bits per heavy atom. The van der Waals surface area contributed by atoms with Gasteiger partial charge in [-0.15, -0.1) is 0 Å². The summed E-state index contributed by atoms with van der Waals surface area (Å²) in [6.07, 6.45) is 2.44. The van der Waals surface area contributed by atoms with Gasteiger partial charge in [0.1, 0.15) is 0 Å². The standard InChI is InChI=1S/C21H28F5NO5/c1-3-30-15(31-4-2)12-27-13(28)10-8-6-5-7-9-11-14(29)32-21-19(25)17(23)16(22)18(24)20(21)26/h15H,3-12H2,1-2H3,(H,27,28). The Labute approximate surface area is 183 Å². The van der Waals surface area contributed by atoms with Crippen LogP contribution in [0.4, 0.5) is 22.0 Å². The Hall–Kier alpha value is -2.27. The van der Waals surface area contributed by atoms with Crippen molar-refractivity contribution in [3.63, 3.8) is 0 Å². The molecule has 0 radical (unpaired) electrons. The minimum absolute atomic E-state index is 0.138. The van der Waals surface area contributed by atoms with E-state index in [1.165, 1.54) is 0 Å². The van der Waals surface area contributed by atoms with E-state index in [9.17, 15) is 31.5 Å². The summed E-state index contributed by atoms with van der Waals surface area (Å²) in [5.74, 6) is -13.9. The van der Waals surface area contributed by atoms with Gasteiger partial charge in [-0.3, -0.25) is 9.59 Å². The molecule has 1 rings (SSSR count). The Kier molecular flexibility index (Phi) is 12.8. The van der Waals surface area contributed by atoms with Gasteiger partial charge in [-0.1, -0.05) is 19.3 Å². The second-order valence-corrected chi connectivity index (χ2v) is 6.79. The lowest BCUT2D eigenvalue weighted by molar-refractivity contribution is -0.140. The summed E-state index contributed by atoms with van der Waals surface area (Å²) in [6.45, 7) is 4.84. The molecule has 0 unspecified atom stereocenters. The van der Waals surface area contributed by atoms with E-state index in [1.807, 2.05) is 13.8 Å². The van der Waals surface area contributed by atoms with Crippen LogP contribution in [0.3, 0.4) is 0 Å². The molecule has 32 heavy (non-hydrogen) atoms. The maximum Gasteiger partial charge on any atom is 0.311 e. The molecular formula is C21H28F5NO5. The maximum atomic E-state index is 13.5. The fourth-order valence-electron chi connectivity index (χ4n) is 2.75. The minimum Gasteiger partial charge on any atom is -0.420 e. The lowest BCUT2D eigenvalue weighted by Gasteiger charge is -2.17. The zero-order chi connectivity index (χ0) is 24.1. The monoisotopic (exact) mass is 469 g/mol. The van der Waals surface area contributed by atoms with Crippen LogP contribution in [-0.4, -0.2) is 37.9 Å². The van der Waals surface area contributed by atoms with Gasteiger partial charge < -0.3 is 19.5 Å². The number of hydrogen-bond donors (Lipinski definition) is 1. The number of carbonyl (C=O) groups excluding carboxylic acids is 2. The van der Waals surface area contributed by atoms with Gasteiger partial charge in [-0.05, 0) is 26.7 Å². The predicted molar refractivity (Wildman–Crippen MR) is 104 cm³/mol. The van der Waals surface area contributed by atoms with Crippen LogP contribution < -0.4 is 10.1 Å². The van der Waals surface area contributed by atoms with Gasteiger partial charge in [0.05, 0.1) is 6.54 Å². The number of carbonyl (C=O) groups is 2. The molecule has 0 atom stereocenters. The van der Waals surface area contributed by atoms with Crippen LogP contribution in [0.15, 0.2) is 0 Å². The second kappa shape index (κ2) is 14.7. The lowest BCUT2D eigenvalue weighted by Crippen LogP contribution is -2.35. The average Bonchev–Trinajstić information content (AvgIpc) is 2.77. The molecule has 0 saturated heterocycles. The van der Waals surface area contributed by atoms with E-state index >= 15 is 0 Å². The van der Waals surface area contributed by atoms with E-state index in [0.29, 0.717) is 51.7 Å². The molecule has 6 nitrogen and oxygen atoms in total. The number of amides is 1. The molecule has 0 bridgehead atoms. The molecule has 1 aromatic carbocycles. The number of benzene rings is 1. The Balaban J connectivity index is 2.22. The van der Waals surface area contributed by atoms with Crippen molar-refractivity contribution in [2.75, 3.05) is 19.8 Å². The quantitative estimate of drug-likeness (QED) is 0.0777. The summed E-state index contributed by atoms with van der Waals surface area (Å²) in [5.41, 5.74) is 0. The van der Waals surface area contributed by atoms with Crippen LogP contribution in [0.5, 0.6) is 5.75 Å². The second-order valence-electron chi connectivity index (χ2n) is 6.79. The van der Waals surface area contributed by atoms with E-state index in [0.717, 1.165) is 0 Å². The Morgan fingerprint density at radius 2 is 1.22 bits per heavy atom. The molecule has 11 heteroatoms. The number of halogens is 5. The number of esters is 1. The van der Waals surface area contributed by atoms with Crippen molar-refractivity contribution in [2.24, 2.45) is 0 Å². The van der Waals surface area contributed by atoms with E-state index in [-0.39, 0.29) is 18.9 Å². The van der Waals surface area contributed by atoms with Crippen molar-refractivity contribution in [2.45, 2.75) is 65.1 Å². The molecule has 1 N–H and O–H groups in total. The van der Waals surface area contributed by atoms with Gasteiger partial charge in [0.2, 0.25) is 40.7 Å². The first-order chi connectivity index (χ1) is 15.2. The highest BCUT2D eigenvalue weighted by Gasteiger charge is 2.28. The smallest absolute Gasteiger partial charge is 0.311 e. The molecule has 0 aromatic heterocycles. The Bertz CT molecular complexity index is 728. The first-order valence-electron chi connectivity index (χ1n) is 10.4. The zero-order valence-electron chi connectivity index (χ0n) is 18.1. The van der Waals surface area contributed by atoms with Crippen molar-refractivity contribution in [3.8, 4) is 5.75 Å². The van der Waals surface area contributed by atoms with Crippen molar-refractivity contribution < 1.29 is 45.8 Å². The van der Waals surface area contributed by atoms with Crippen LogP contribution in [0.1, 0.15) is 58.8 Å². The number of unbranched alkanes of at least 4 members (excludes halogenated alkanes) is 4. The molecule has 0 aliphatic carbocycles. The topological polar surface area (TPSA) is 73.9 Å². The highest BCUT2D eigenvalue weighted by atomic mass is 19.2. The van der Waals surface area contributed by atoms with Crippen molar-refractivity contribution in [1.29, 1.82) is 0 Å². The zero-order valence-corrected chi connectivity index (χ0v) is 18.1. The highest BCUT2D eigenvalue weighted by Crippen LogP contribution is 2.29. The van der Waals surface area contributed by atoms with Gasteiger partial charge in [0.25, 0.3) is 0 Å². The van der Waals surface area contributed by atoms with Gasteiger partial charge >= 0.3 is 5.97 Å². The summed E-state index contributed by atoms with van der Waals surface area (Å²) in [4.78, 5) is 23.5. The van der Waals surface area contributed by atoms with Crippen LogP contribution in [0, 0.1) is 29.1 Å². The van der Waals surface area contributed by atoms with E-state index < -0.39 is 47.1 Å². The largest absolute Gasteiger partial charge is 0.420 e. The van der Waals surface area contributed by atoms with Crippen molar-refractivity contribution >= 4 is 11.9 Å². The summed E-state index contributed by atoms with van der Waals surface area (Å²) < 4.78 is 81.1. The molecular weight excluding hydrogens is 441 g/mol. The molecule has 1 amide bonds. The number of nitrogens with one attached hydrogen (secondary N) is 1. The summed E-state index contributed by atoms with van der Waals surface area (Å²) in [6, 6.07) is 0. The molecule has 0 aliphatic heterocycles. The van der Waals surface area contributed by atoms with Crippen LogP contribution in [0.25, 0.3) is 0 Å². The normalized spacial score (nSPS) is 11.1. The molecule has 0 fully saturated rings. The summed E-state index contributed by atoms with van der Waals surface area (Å²) in [7, 11) is 0. The van der Waals surface area contributed by atoms with E-state index in [4.69, 9.17) is 9.47 Å². The fraction of sp³-hybridized carbons (Fsp3) is 0.619.